The first-order valence-electron chi connectivity index (χ1n) is 5.33. The van der Waals surface area contributed by atoms with E-state index in [1.165, 1.54) is 19.3 Å². The Balaban J connectivity index is 2.10. The zero-order valence-corrected chi connectivity index (χ0v) is 8.43. The van der Waals surface area contributed by atoms with Crippen LogP contribution in [-0.2, 0) is 6.61 Å². The Bertz CT molecular complexity index is 488. The van der Waals surface area contributed by atoms with Gasteiger partial charge in [0, 0.05) is 5.92 Å². The topological polar surface area (TPSA) is 50.4 Å². The average Bonchev–Trinajstić information content (AvgIpc) is 2.57. The number of hydrogen-bond acceptors (Lipinski definition) is 3. The van der Waals surface area contributed by atoms with Crippen molar-refractivity contribution in [3.05, 3.63) is 29.7 Å². The lowest BCUT2D eigenvalue weighted by molar-refractivity contribution is 0.273. The van der Waals surface area contributed by atoms with Gasteiger partial charge in [0.2, 0.25) is 0 Å². The quantitative estimate of drug-likeness (QED) is 0.804. The van der Waals surface area contributed by atoms with Crippen LogP contribution in [0.2, 0.25) is 0 Å². The van der Waals surface area contributed by atoms with E-state index in [0.29, 0.717) is 5.92 Å². The van der Waals surface area contributed by atoms with Gasteiger partial charge in [-0.2, -0.15) is 5.10 Å². The van der Waals surface area contributed by atoms with Crippen LogP contribution in [-0.4, -0.2) is 19.7 Å². The summed E-state index contributed by atoms with van der Waals surface area (Å²) in [6.07, 6.45) is 5.46. The highest BCUT2D eigenvalue weighted by molar-refractivity contribution is 5.39. The molecule has 0 atom stereocenters. The Hall–Kier alpha value is -1.42. The Morgan fingerprint density at radius 3 is 2.93 bits per heavy atom. The van der Waals surface area contributed by atoms with Gasteiger partial charge < -0.3 is 5.11 Å². The Morgan fingerprint density at radius 1 is 1.40 bits per heavy atom. The van der Waals surface area contributed by atoms with Crippen LogP contribution in [0, 0.1) is 0 Å². The van der Waals surface area contributed by atoms with Crippen molar-refractivity contribution in [3.63, 3.8) is 0 Å². The molecule has 0 radical (unpaired) electrons. The molecule has 1 aliphatic carbocycles. The van der Waals surface area contributed by atoms with Crippen LogP contribution in [0.15, 0.2) is 18.3 Å². The number of aliphatic hydroxyl groups excluding tert-OH is 1. The zero-order chi connectivity index (χ0) is 10.3. The highest BCUT2D eigenvalue weighted by Crippen LogP contribution is 2.35. The van der Waals surface area contributed by atoms with Crippen LogP contribution in [0.25, 0.3) is 5.65 Å². The largest absolute Gasteiger partial charge is 0.390 e. The Morgan fingerprint density at radius 2 is 2.27 bits per heavy atom. The van der Waals surface area contributed by atoms with Crippen LogP contribution < -0.4 is 0 Å². The molecule has 2 aromatic heterocycles. The summed E-state index contributed by atoms with van der Waals surface area (Å²) in [6, 6.07) is 4.02. The van der Waals surface area contributed by atoms with Gasteiger partial charge in [-0.15, -0.1) is 0 Å². The lowest BCUT2D eigenvalue weighted by Crippen LogP contribution is -2.12. The van der Waals surface area contributed by atoms with Crippen LogP contribution >= 0.6 is 0 Å². The van der Waals surface area contributed by atoms with Gasteiger partial charge >= 0.3 is 0 Å². The Kier molecular flexibility index (Phi) is 1.95. The number of aromatic nitrogens is 3. The standard InChI is InChI=1S/C11H13N3O/c15-7-9-6-12-11-5-4-10(13-14(9)11)8-2-1-3-8/h4-6,8,15H,1-3,7H2. The van der Waals surface area contributed by atoms with E-state index >= 15 is 0 Å². The van der Waals surface area contributed by atoms with Crippen molar-refractivity contribution in [1.29, 1.82) is 0 Å². The van der Waals surface area contributed by atoms with Crippen molar-refractivity contribution in [3.8, 4) is 0 Å². The van der Waals surface area contributed by atoms with E-state index in [4.69, 9.17) is 5.11 Å². The highest BCUT2D eigenvalue weighted by Gasteiger charge is 2.21. The van der Waals surface area contributed by atoms with Crippen molar-refractivity contribution in [1.82, 2.24) is 14.6 Å². The van der Waals surface area contributed by atoms with E-state index in [-0.39, 0.29) is 6.61 Å². The average molecular weight is 203 g/mol. The van der Waals surface area contributed by atoms with Gasteiger partial charge in [0.25, 0.3) is 0 Å². The summed E-state index contributed by atoms with van der Waals surface area (Å²) in [6.45, 7) is -0.0116. The van der Waals surface area contributed by atoms with Crippen molar-refractivity contribution >= 4 is 5.65 Å². The van der Waals surface area contributed by atoms with Gasteiger partial charge in [-0.3, -0.25) is 0 Å². The molecule has 0 aromatic carbocycles. The molecule has 0 unspecified atom stereocenters. The van der Waals surface area contributed by atoms with E-state index < -0.39 is 0 Å². The van der Waals surface area contributed by atoms with Crippen molar-refractivity contribution < 1.29 is 5.11 Å². The van der Waals surface area contributed by atoms with Crippen LogP contribution in [0.4, 0.5) is 0 Å². The third-order valence-electron chi connectivity index (χ3n) is 3.14. The highest BCUT2D eigenvalue weighted by atomic mass is 16.3. The maximum atomic E-state index is 9.12. The minimum Gasteiger partial charge on any atom is -0.390 e. The molecule has 0 saturated heterocycles. The number of fused-ring (bicyclic) bond motifs is 1. The smallest absolute Gasteiger partial charge is 0.153 e. The second-order valence-corrected chi connectivity index (χ2v) is 4.06. The fourth-order valence-corrected chi connectivity index (χ4v) is 1.96. The monoisotopic (exact) mass is 203 g/mol. The van der Waals surface area contributed by atoms with Crippen LogP contribution in [0.5, 0.6) is 0 Å². The molecule has 1 aliphatic rings. The number of imidazole rings is 1. The van der Waals surface area contributed by atoms with E-state index in [1.54, 1.807) is 10.7 Å². The zero-order valence-electron chi connectivity index (χ0n) is 8.43. The first-order valence-corrected chi connectivity index (χ1v) is 5.33. The first-order chi connectivity index (χ1) is 7.38. The summed E-state index contributed by atoms with van der Waals surface area (Å²) in [5.74, 6) is 0.614. The summed E-state index contributed by atoms with van der Waals surface area (Å²) in [7, 11) is 0. The van der Waals surface area contributed by atoms with E-state index in [9.17, 15) is 0 Å². The molecule has 0 spiro atoms. The van der Waals surface area contributed by atoms with Crippen molar-refractivity contribution in [2.75, 3.05) is 0 Å². The molecule has 2 aromatic rings. The molecule has 1 saturated carbocycles. The summed E-state index contributed by atoms with van der Waals surface area (Å²) in [4.78, 5) is 4.17. The summed E-state index contributed by atoms with van der Waals surface area (Å²) < 4.78 is 1.74. The van der Waals surface area contributed by atoms with Crippen molar-refractivity contribution in [2.45, 2.75) is 31.8 Å². The van der Waals surface area contributed by atoms with Gasteiger partial charge in [0.05, 0.1) is 24.2 Å². The molecule has 0 aliphatic heterocycles. The minimum atomic E-state index is -0.0116. The van der Waals surface area contributed by atoms with E-state index in [1.807, 2.05) is 12.1 Å². The molecule has 15 heavy (non-hydrogen) atoms. The summed E-state index contributed by atoms with van der Waals surface area (Å²) in [5, 5.41) is 13.6. The lowest BCUT2D eigenvalue weighted by atomic mass is 9.83. The molecule has 1 fully saturated rings. The minimum absolute atomic E-state index is 0.0116. The molecular weight excluding hydrogens is 190 g/mol. The van der Waals surface area contributed by atoms with Gasteiger partial charge in [0.15, 0.2) is 5.65 Å². The lowest BCUT2D eigenvalue weighted by Gasteiger charge is -2.24. The predicted molar refractivity (Wildman–Crippen MR) is 55.5 cm³/mol. The van der Waals surface area contributed by atoms with Gasteiger partial charge in [0.1, 0.15) is 0 Å². The van der Waals surface area contributed by atoms with Crippen molar-refractivity contribution in [2.24, 2.45) is 0 Å². The van der Waals surface area contributed by atoms with Crippen LogP contribution in [0.1, 0.15) is 36.6 Å². The molecular formula is C11H13N3O. The molecule has 0 amide bonds. The van der Waals surface area contributed by atoms with Gasteiger partial charge in [-0.1, -0.05) is 6.42 Å². The fourth-order valence-electron chi connectivity index (χ4n) is 1.96. The maximum Gasteiger partial charge on any atom is 0.153 e. The molecule has 2 heterocycles. The second-order valence-electron chi connectivity index (χ2n) is 4.06. The predicted octanol–water partition coefficient (Wildman–Crippen LogP) is 1.49. The number of hydrogen-bond donors (Lipinski definition) is 1. The van der Waals surface area contributed by atoms with E-state index in [0.717, 1.165) is 17.0 Å². The molecule has 1 N–H and O–H groups in total. The molecule has 3 rings (SSSR count). The molecule has 78 valence electrons. The van der Waals surface area contributed by atoms with Crippen LogP contribution in [0.3, 0.4) is 0 Å². The molecule has 0 bridgehead atoms. The Labute approximate surface area is 87.6 Å². The number of nitrogens with zero attached hydrogens (tertiary/aromatic N) is 3. The fraction of sp³-hybridized carbons (Fsp3) is 0.455. The number of rotatable bonds is 2. The maximum absolute atomic E-state index is 9.12. The molecule has 4 heteroatoms. The first kappa shape index (κ1) is 8.85. The van der Waals surface area contributed by atoms with Gasteiger partial charge in [-0.05, 0) is 25.0 Å². The summed E-state index contributed by atoms with van der Waals surface area (Å²) >= 11 is 0. The normalized spacial score (nSPS) is 16.9. The SMILES string of the molecule is OCc1cnc2ccc(C3CCC3)nn12. The summed E-state index contributed by atoms with van der Waals surface area (Å²) in [5.41, 5.74) is 2.69. The van der Waals surface area contributed by atoms with E-state index in [2.05, 4.69) is 10.1 Å². The number of aliphatic hydroxyl groups is 1. The second kappa shape index (κ2) is 3.31. The van der Waals surface area contributed by atoms with Gasteiger partial charge in [-0.25, -0.2) is 9.50 Å². The molecule has 4 nitrogen and oxygen atoms in total. The third-order valence-corrected chi connectivity index (χ3v) is 3.14. The third kappa shape index (κ3) is 1.33.